The molecule has 146 valence electrons. The molecule has 0 bridgehead atoms. The monoisotopic (exact) mass is 380 g/mol. The molecule has 28 heavy (non-hydrogen) atoms. The lowest BCUT2D eigenvalue weighted by atomic mass is 9.94. The zero-order valence-corrected chi connectivity index (χ0v) is 15.9. The Hall–Kier alpha value is -3.35. The van der Waals surface area contributed by atoms with Gasteiger partial charge in [0, 0.05) is 23.5 Å². The van der Waals surface area contributed by atoms with Gasteiger partial charge in [0.25, 0.3) is 0 Å². The lowest BCUT2D eigenvalue weighted by molar-refractivity contribution is -0.121. The Morgan fingerprint density at radius 3 is 2.68 bits per heavy atom. The van der Waals surface area contributed by atoms with Crippen LogP contribution in [0.4, 0.5) is 5.69 Å². The van der Waals surface area contributed by atoms with Gasteiger partial charge in [0.1, 0.15) is 11.5 Å². The molecule has 0 saturated heterocycles. The van der Waals surface area contributed by atoms with Gasteiger partial charge < -0.3 is 10.2 Å². The third kappa shape index (κ3) is 4.31. The first-order valence-corrected chi connectivity index (χ1v) is 9.29. The summed E-state index contributed by atoms with van der Waals surface area (Å²) in [5.74, 6) is 0.147. The first-order chi connectivity index (χ1) is 13.5. The van der Waals surface area contributed by atoms with E-state index in [0.717, 1.165) is 23.4 Å². The van der Waals surface area contributed by atoms with Gasteiger partial charge in [0.2, 0.25) is 5.91 Å². The van der Waals surface area contributed by atoms with Crippen LogP contribution in [0.1, 0.15) is 43.4 Å². The van der Waals surface area contributed by atoms with Crippen molar-refractivity contribution in [3.63, 3.8) is 0 Å². The molecule has 2 aromatic carbocycles. The highest BCUT2D eigenvalue weighted by Gasteiger charge is 2.21. The molecule has 0 radical (unpaired) electrons. The summed E-state index contributed by atoms with van der Waals surface area (Å²) in [6.45, 7) is 3.96. The summed E-state index contributed by atoms with van der Waals surface area (Å²) in [6, 6.07) is 10.8. The second kappa shape index (κ2) is 8.56. The van der Waals surface area contributed by atoms with Crippen molar-refractivity contribution in [3.05, 3.63) is 53.1 Å². The fourth-order valence-corrected chi connectivity index (χ4v) is 3.14. The van der Waals surface area contributed by atoms with Crippen LogP contribution in [0, 0.1) is 5.92 Å². The molecule has 1 aliphatic rings. The van der Waals surface area contributed by atoms with E-state index in [1.54, 1.807) is 12.1 Å². The van der Waals surface area contributed by atoms with E-state index in [-0.39, 0.29) is 23.3 Å². The number of phenolic OH excluding ortho intramolecular Hbond substituents is 2. The smallest absolute Gasteiger partial charge is 0.240 e. The second-order valence-electron chi connectivity index (χ2n) is 6.84. The van der Waals surface area contributed by atoms with Crippen molar-refractivity contribution in [1.29, 1.82) is 0 Å². The Labute approximate surface area is 163 Å². The Balaban J connectivity index is 1.69. The number of hydrazone groups is 2. The van der Waals surface area contributed by atoms with Crippen molar-refractivity contribution < 1.29 is 15.0 Å². The van der Waals surface area contributed by atoms with Crippen LogP contribution in [0.5, 0.6) is 11.5 Å². The topological polar surface area (TPSA) is 106 Å². The maximum atomic E-state index is 11.4. The molecule has 0 spiro atoms. The molecule has 0 saturated carbocycles. The van der Waals surface area contributed by atoms with E-state index < -0.39 is 0 Å². The Bertz CT molecular complexity index is 920. The molecule has 1 aliphatic heterocycles. The van der Waals surface area contributed by atoms with Crippen LogP contribution in [-0.4, -0.2) is 28.0 Å². The van der Waals surface area contributed by atoms with Crippen LogP contribution in [0.15, 0.2) is 46.6 Å². The number of hydrogen-bond donors (Lipinski definition) is 4. The number of phenols is 2. The molecule has 0 aromatic heterocycles. The molecule has 1 unspecified atom stereocenters. The van der Waals surface area contributed by atoms with Crippen molar-refractivity contribution >= 4 is 23.5 Å². The van der Waals surface area contributed by atoms with E-state index in [0.29, 0.717) is 24.0 Å². The van der Waals surface area contributed by atoms with Gasteiger partial charge in [0.15, 0.2) is 0 Å². The highest BCUT2D eigenvalue weighted by atomic mass is 16.3. The van der Waals surface area contributed by atoms with Crippen molar-refractivity contribution in [3.8, 4) is 11.5 Å². The summed E-state index contributed by atoms with van der Waals surface area (Å²) in [4.78, 5) is 11.4. The van der Waals surface area contributed by atoms with Crippen LogP contribution in [0.2, 0.25) is 0 Å². The summed E-state index contributed by atoms with van der Waals surface area (Å²) in [5.41, 5.74) is 9.09. The first kappa shape index (κ1) is 19.4. The van der Waals surface area contributed by atoms with Gasteiger partial charge in [-0.05, 0) is 36.2 Å². The molecular formula is C21H24N4O3. The van der Waals surface area contributed by atoms with E-state index >= 15 is 0 Å². The lowest BCUT2D eigenvalue weighted by Crippen LogP contribution is -2.31. The molecule has 1 atom stereocenters. The largest absolute Gasteiger partial charge is 0.508 e. The Morgan fingerprint density at radius 1 is 1.25 bits per heavy atom. The van der Waals surface area contributed by atoms with Crippen LogP contribution >= 0.6 is 0 Å². The van der Waals surface area contributed by atoms with Crippen molar-refractivity contribution in [2.24, 2.45) is 16.1 Å². The number of hydrogen-bond acceptors (Lipinski definition) is 6. The highest BCUT2D eigenvalue weighted by molar-refractivity contribution is 6.05. The summed E-state index contributed by atoms with van der Waals surface area (Å²) in [6.07, 6.45) is 3.36. The van der Waals surface area contributed by atoms with E-state index in [4.69, 9.17) is 0 Å². The lowest BCUT2D eigenvalue weighted by Gasteiger charge is -2.19. The highest BCUT2D eigenvalue weighted by Crippen LogP contribution is 2.30. The van der Waals surface area contributed by atoms with Crippen LogP contribution in [-0.2, 0) is 11.2 Å². The van der Waals surface area contributed by atoms with Gasteiger partial charge in [-0.3, -0.25) is 10.2 Å². The normalized spacial score (nSPS) is 16.7. The summed E-state index contributed by atoms with van der Waals surface area (Å²) in [7, 11) is 0. The van der Waals surface area contributed by atoms with Gasteiger partial charge in [-0.2, -0.15) is 10.2 Å². The number of nitrogens with zero attached hydrogens (tertiary/aromatic N) is 2. The predicted octanol–water partition coefficient (Wildman–Crippen LogP) is 3.36. The molecular weight excluding hydrogens is 356 g/mol. The number of benzene rings is 2. The van der Waals surface area contributed by atoms with Gasteiger partial charge in [-0.25, -0.2) is 5.43 Å². The minimum absolute atomic E-state index is 0.0501. The van der Waals surface area contributed by atoms with Gasteiger partial charge in [-0.15, -0.1) is 0 Å². The van der Waals surface area contributed by atoms with Crippen molar-refractivity contribution in [2.45, 2.75) is 33.1 Å². The van der Waals surface area contributed by atoms with E-state index in [1.807, 2.05) is 38.1 Å². The Morgan fingerprint density at radius 2 is 2.00 bits per heavy atom. The molecule has 7 nitrogen and oxygen atoms in total. The predicted molar refractivity (Wildman–Crippen MR) is 110 cm³/mol. The van der Waals surface area contributed by atoms with Crippen LogP contribution in [0.25, 0.3) is 0 Å². The van der Waals surface area contributed by atoms with Crippen LogP contribution in [0.3, 0.4) is 0 Å². The van der Waals surface area contributed by atoms with E-state index in [1.165, 1.54) is 6.21 Å². The molecule has 7 heteroatoms. The number of anilines is 1. The zero-order chi connectivity index (χ0) is 20.1. The molecule has 3 rings (SSSR count). The summed E-state index contributed by atoms with van der Waals surface area (Å²) in [5, 5.41) is 28.5. The number of amides is 1. The molecule has 4 N–H and O–H groups in total. The molecule has 2 aromatic rings. The molecule has 1 amide bonds. The van der Waals surface area contributed by atoms with Gasteiger partial charge in [-0.1, -0.05) is 32.4 Å². The number of nitrogens with one attached hydrogen (secondary N) is 2. The van der Waals surface area contributed by atoms with Gasteiger partial charge in [0.05, 0.1) is 17.6 Å². The molecule has 0 aliphatic carbocycles. The van der Waals surface area contributed by atoms with Crippen LogP contribution < -0.4 is 10.9 Å². The maximum Gasteiger partial charge on any atom is 0.240 e. The van der Waals surface area contributed by atoms with Crippen molar-refractivity contribution in [2.75, 3.05) is 5.43 Å². The first-order valence-electron chi connectivity index (χ1n) is 9.29. The third-order valence-corrected chi connectivity index (χ3v) is 4.63. The van der Waals surface area contributed by atoms with E-state index in [9.17, 15) is 15.0 Å². The average molecular weight is 380 g/mol. The summed E-state index contributed by atoms with van der Waals surface area (Å²) >= 11 is 0. The van der Waals surface area contributed by atoms with Gasteiger partial charge >= 0.3 is 0 Å². The SMILES string of the molecule is CCCc1c(O)ccc(/C=N\Nc2ccc(C3=NNC(=O)CC3C)cc2)c1O. The van der Waals surface area contributed by atoms with E-state index in [2.05, 4.69) is 21.1 Å². The number of rotatable bonds is 6. The summed E-state index contributed by atoms with van der Waals surface area (Å²) < 4.78 is 0. The van der Waals surface area contributed by atoms with Crippen molar-refractivity contribution in [1.82, 2.24) is 5.43 Å². The Kier molecular flexibility index (Phi) is 5.93. The minimum Gasteiger partial charge on any atom is -0.508 e. The number of aromatic hydroxyl groups is 2. The molecule has 1 heterocycles. The fourth-order valence-electron chi connectivity index (χ4n) is 3.14. The standard InChI is InChI=1S/C21H24N4O3/c1-3-4-17-18(26)10-7-15(21(17)28)12-22-23-16-8-5-14(6-9-16)20-13(2)11-19(27)24-25-20/h5-10,12-13,23,26,28H,3-4,11H2,1-2H3,(H,24,27)/b22-12-. The second-order valence-corrected chi connectivity index (χ2v) is 6.84. The maximum absolute atomic E-state index is 11.4. The molecule has 0 fully saturated rings. The minimum atomic E-state index is -0.0662. The fraction of sp³-hybridized carbons (Fsp3) is 0.286. The number of carbonyl (C=O) groups is 1. The average Bonchev–Trinajstić information content (AvgIpc) is 2.68. The quantitative estimate of drug-likeness (QED) is 0.455. The number of carbonyl (C=O) groups excluding carboxylic acids is 1. The zero-order valence-electron chi connectivity index (χ0n) is 15.9. The third-order valence-electron chi connectivity index (χ3n) is 4.63.